The molecule has 134 valence electrons. The summed E-state index contributed by atoms with van der Waals surface area (Å²) in [6.07, 6.45) is -0.950. The van der Waals surface area contributed by atoms with Crippen LogP contribution in [0.5, 0.6) is 0 Å². The van der Waals surface area contributed by atoms with E-state index in [9.17, 15) is 14.4 Å². The van der Waals surface area contributed by atoms with Gasteiger partial charge in [0, 0.05) is 13.7 Å². The van der Waals surface area contributed by atoms with Crippen LogP contribution in [-0.2, 0) is 19.1 Å². The van der Waals surface area contributed by atoms with E-state index in [-0.39, 0.29) is 11.8 Å². The number of carbonyl (C=O) groups excluding carboxylic acids is 3. The average molecular weight is 356 g/mol. The van der Waals surface area contributed by atoms with Crippen molar-refractivity contribution in [2.75, 3.05) is 20.3 Å². The normalized spacial score (nSPS) is 13.2. The second-order valence-electron chi connectivity index (χ2n) is 5.54. The van der Waals surface area contributed by atoms with Crippen LogP contribution in [0.1, 0.15) is 30.4 Å². The zero-order chi connectivity index (χ0) is 18.1. The minimum Gasteiger partial charge on any atom is -0.451 e. The molecule has 0 aromatic carbocycles. The summed E-state index contributed by atoms with van der Waals surface area (Å²) in [4.78, 5) is 36.8. The summed E-state index contributed by atoms with van der Waals surface area (Å²) in [6.45, 7) is 5.78. The van der Waals surface area contributed by atoms with Crippen molar-refractivity contribution in [3.05, 3.63) is 22.4 Å². The molecule has 0 fully saturated rings. The van der Waals surface area contributed by atoms with Crippen LogP contribution in [0.15, 0.2) is 17.5 Å². The molecular formula is C16H24N2O5S. The lowest BCUT2D eigenvalue weighted by Crippen LogP contribution is -2.47. The fraction of sp³-hybridized carbons (Fsp3) is 0.562. The molecule has 8 heteroatoms. The standard InChI is InChI=1S/C16H24N2O5S/c1-10(2)13(18-15(20)12-6-5-9-24-12)16(21)23-11(3)14(19)17-7-8-22-4/h5-6,9-11,13H,7-8H2,1-4H3,(H,17,19)(H,18,20)/t11-,13-/m0/s1. The Hall–Kier alpha value is -1.93. The fourth-order valence-corrected chi connectivity index (χ4v) is 2.47. The van der Waals surface area contributed by atoms with E-state index in [1.54, 1.807) is 31.4 Å². The topological polar surface area (TPSA) is 93.7 Å². The summed E-state index contributed by atoms with van der Waals surface area (Å²) in [5.41, 5.74) is 0. The lowest BCUT2D eigenvalue weighted by Gasteiger charge is -2.22. The van der Waals surface area contributed by atoms with E-state index < -0.39 is 24.0 Å². The zero-order valence-electron chi connectivity index (χ0n) is 14.3. The van der Waals surface area contributed by atoms with Gasteiger partial charge in [-0.15, -0.1) is 11.3 Å². The van der Waals surface area contributed by atoms with Crippen LogP contribution >= 0.6 is 11.3 Å². The van der Waals surface area contributed by atoms with Crippen molar-refractivity contribution < 1.29 is 23.9 Å². The lowest BCUT2D eigenvalue weighted by molar-refractivity contribution is -0.157. The summed E-state index contributed by atoms with van der Waals surface area (Å²) < 4.78 is 10.0. The van der Waals surface area contributed by atoms with Gasteiger partial charge in [0.1, 0.15) is 6.04 Å². The van der Waals surface area contributed by atoms with Gasteiger partial charge in [-0.3, -0.25) is 9.59 Å². The predicted octanol–water partition coefficient (Wildman–Crippen LogP) is 1.20. The lowest BCUT2D eigenvalue weighted by atomic mass is 10.0. The van der Waals surface area contributed by atoms with E-state index in [1.165, 1.54) is 25.4 Å². The second kappa shape index (κ2) is 10.0. The summed E-state index contributed by atoms with van der Waals surface area (Å²) in [7, 11) is 1.53. The van der Waals surface area contributed by atoms with Crippen LogP contribution in [0, 0.1) is 5.92 Å². The SMILES string of the molecule is COCCNC(=O)[C@H](C)OC(=O)[C@@H](NC(=O)c1cccs1)C(C)C. The van der Waals surface area contributed by atoms with E-state index in [0.29, 0.717) is 18.0 Å². The molecule has 2 N–H and O–H groups in total. The Morgan fingerprint density at radius 3 is 2.50 bits per heavy atom. The highest BCUT2D eigenvalue weighted by Gasteiger charge is 2.29. The number of hydrogen-bond donors (Lipinski definition) is 2. The van der Waals surface area contributed by atoms with Crippen LogP contribution in [0.2, 0.25) is 0 Å². The van der Waals surface area contributed by atoms with Crippen LogP contribution in [0.25, 0.3) is 0 Å². The molecular weight excluding hydrogens is 332 g/mol. The minimum atomic E-state index is -0.950. The predicted molar refractivity (Wildman–Crippen MR) is 90.9 cm³/mol. The number of rotatable bonds is 9. The van der Waals surface area contributed by atoms with Crippen molar-refractivity contribution in [3.63, 3.8) is 0 Å². The molecule has 2 amide bonds. The molecule has 2 atom stereocenters. The van der Waals surface area contributed by atoms with Crippen molar-refractivity contribution in [1.82, 2.24) is 10.6 Å². The number of amides is 2. The Bertz CT molecular complexity index is 545. The van der Waals surface area contributed by atoms with Gasteiger partial charge < -0.3 is 20.1 Å². The van der Waals surface area contributed by atoms with E-state index in [2.05, 4.69) is 10.6 Å². The van der Waals surface area contributed by atoms with Gasteiger partial charge in [0.2, 0.25) is 0 Å². The van der Waals surface area contributed by atoms with Crippen LogP contribution in [0.4, 0.5) is 0 Å². The number of hydrogen-bond acceptors (Lipinski definition) is 6. The molecule has 0 aliphatic rings. The largest absolute Gasteiger partial charge is 0.451 e. The van der Waals surface area contributed by atoms with Crippen molar-refractivity contribution in [3.8, 4) is 0 Å². The van der Waals surface area contributed by atoms with Gasteiger partial charge in [-0.1, -0.05) is 19.9 Å². The first kappa shape index (κ1) is 20.1. The van der Waals surface area contributed by atoms with Gasteiger partial charge in [0.05, 0.1) is 11.5 Å². The first-order valence-electron chi connectivity index (χ1n) is 7.68. The number of carbonyl (C=O) groups is 3. The highest BCUT2D eigenvalue weighted by Crippen LogP contribution is 2.11. The van der Waals surface area contributed by atoms with Gasteiger partial charge in [-0.25, -0.2) is 4.79 Å². The highest BCUT2D eigenvalue weighted by molar-refractivity contribution is 7.12. The third-order valence-corrected chi connectivity index (χ3v) is 4.09. The molecule has 1 rings (SSSR count). The molecule has 0 aliphatic carbocycles. The molecule has 0 unspecified atom stereocenters. The maximum atomic E-state index is 12.3. The molecule has 24 heavy (non-hydrogen) atoms. The molecule has 0 saturated heterocycles. The summed E-state index contributed by atoms with van der Waals surface area (Å²) in [5.74, 6) is -1.56. The van der Waals surface area contributed by atoms with Gasteiger partial charge in [0.15, 0.2) is 6.10 Å². The number of methoxy groups -OCH3 is 1. The minimum absolute atomic E-state index is 0.176. The van der Waals surface area contributed by atoms with Crippen molar-refractivity contribution in [2.24, 2.45) is 5.92 Å². The summed E-state index contributed by atoms with van der Waals surface area (Å²) in [5, 5.41) is 7.04. The van der Waals surface area contributed by atoms with E-state index in [1.807, 2.05) is 0 Å². The third kappa shape index (κ3) is 6.29. The van der Waals surface area contributed by atoms with Crippen LogP contribution in [0.3, 0.4) is 0 Å². The zero-order valence-corrected chi connectivity index (χ0v) is 15.1. The van der Waals surface area contributed by atoms with Crippen molar-refractivity contribution >= 4 is 29.1 Å². The molecule has 1 aromatic heterocycles. The van der Waals surface area contributed by atoms with E-state index in [0.717, 1.165) is 0 Å². The molecule has 1 heterocycles. The third-order valence-electron chi connectivity index (χ3n) is 3.22. The van der Waals surface area contributed by atoms with Gasteiger partial charge in [0.25, 0.3) is 11.8 Å². The Kier molecular flexibility index (Phi) is 8.42. The Morgan fingerprint density at radius 2 is 1.96 bits per heavy atom. The van der Waals surface area contributed by atoms with Gasteiger partial charge in [-0.2, -0.15) is 0 Å². The van der Waals surface area contributed by atoms with Gasteiger partial charge in [-0.05, 0) is 24.3 Å². The number of thiophene rings is 1. The first-order chi connectivity index (χ1) is 11.4. The monoisotopic (exact) mass is 356 g/mol. The summed E-state index contributed by atoms with van der Waals surface area (Å²) >= 11 is 1.29. The van der Waals surface area contributed by atoms with Crippen molar-refractivity contribution in [1.29, 1.82) is 0 Å². The maximum Gasteiger partial charge on any atom is 0.329 e. The molecule has 0 radical (unpaired) electrons. The van der Waals surface area contributed by atoms with Crippen LogP contribution in [-0.4, -0.2) is 50.2 Å². The molecule has 0 bridgehead atoms. The molecule has 0 aliphatic heterocycles. The Labute approximate surface area is 145 Å². The van der Waals surface area contributed by atoms with E-state index >= 15 is 0 Å². The number of esters is 1. The first-order valence-corrected chi connectivity index (χ1v) is 8.56. The fourth-order valence-electron chi connectivity index (χ4n) is 1.84. The highest BCUT2D eigenvalue weighted by atomic mass is 32.1. The smallest absolute Gasteiger partial charge is 0.329 e. The molecule has 7 nitrogen and oxygen atoms in total. The second-order valence-corrected chi connectivity index (χ2v) is 6.48. The van der Waals surface area contributed by atoms with Crippen molar-refractivity contribution in [2.45, 2.75) is 32.9 Å². The number of ether oxygens (including phenoxy) is 2. The molecule has 0 spiro atoms. The maximum absolute atomic E-state index is 12.3. The van der Waals surface area contributed by atoms with Crippen LogP contribution < -0.4 is 10.6 Å². The molecule has 1 aromatic rings. The average Bonchev–Trinajstić information content (AvgIpc) is 3.06. The Morgan fingerprint density at radius 1 is 1.25 bits per heavy atom. The quantitative estimate of drug-likeness (QED) is 0.512. The Balaban J connectivity index is 2.60. The van der Waals surface area contributed by atoms with E-state index in [4.69, 9.17) is 9.47 Å². The number of nitrogens with one attached hydrogen (secondary N) is 2. The molecule has 0 saturated carbocycles. The van der Waals surface area contributed by atoms with Gasteiger partial charge >= 0.3 is 5.97 Å². The summed E-state index contributed by atoms with van der Waals surface area (Å²) in [6, 6.07) is 2.61.